The highest BCUT2D eigenvalue weighted by atomic mass is 16.6. The molecule has 6 nitrogen and oxygen atoms in total. The van der Waals surface area contributed by atoms with Gasteiger partial charge in [-0.1, -0.05) is 13.0 Å². The number of benzene rings is 1. The predicted molar refractivity (Wildman–Crippen MR) is 75.0 cm³/mol. The molecule has 0 radical (unpaired) electrons. The molecule has 0 fully saturated rings. The monoisotopic (exact) mass is 275 g/mol. The molecule has 6 heteroatoms. The zero-order chi connectivity index (χ0) is 14.9. The van der Waals surface area contributed by atoms with E-state index < -0.39 is 4.92 Å². The molecule has 1 heterocycles. The first-order valence-electron chi connectivity index (χ1n) is 6.43. The zero-order valence-corrected chi connectivity index (χ0v) is 11.8. The summed E-state index contributed by atoms with van der Waals surface area (Å²) in [6.07, 6.45) is 0.834. The van der Waals surface area contributed by atoms with E-state index in [9.17, 15) is 10.1 Å². The number of aliphatic hydroxyl groups excluding tert-OH is 1. The van der Waals surface area contributed by atoms with Crippen molar-refractivity contribution in [3.05, 3.63) is 50.8 Å². The SMILES string of the molecule is CCc1c(C)nn(-c2ccc(CO)cc2[N+](=O)[O-])c1C. The van der Waals surface area contributed by atoms with Crippen LogP contribution in [-0.2, 0) is 13.0 Å². The summed E-state index contributed by atoms with van der Waals surface area (Å²) in [4.78, 5) is 10.8. The maximum Gasteiger partial charge on any atom is 0.295 e. The van der Waals surface area contributed by atoms with Gasteiger partial charge in [0, 0.05) is 11.8 Å². The number of nitrogens with zero attached hydrogens (tertiary/aromatic N) is 3. The molecule has 2 rings (SSSR count). The van der Waals surface area contributed by atoms with E-state index in [-0.39, 0.29) is 12.3 Å². The van der Waals surface area contributed by atoms with Crippen molar-refractivity contribution in [1.82, 2.24) is 9.78 Å². The molecule has 0 unspecified atom stereocenters. The van der Waals surface area contributed by atoms with Crippen LogP contribution >= 0.6 is 0 Å². The molecule has 0 saturated heterocycles. The lowest BCUT2D eigenvalue weighted by Gasteiger charge is -2.07. The minimum Gasteiger partial charge on any atom is -0.392 e. The van der Waals surface area contributed by atoms with Crippen molar-refractivity contribution in [2.24, 2.45) is 0 Å². The Morgan fingerprint density at radius 2 is 2.10 bits per heavy atom. The average molecular weight is 275 g/mol. The van der Waals surface area contributed by atoms with Gasteiger partial charge in [0.1, 0.15) is 5.69 Å². The van der Waals surface area contributed by atoms with Gasteiger partial charge in [-0.2, -0.15) is 5.10 Å². The van der Waals surface area contributed by atoms with Crippen LogP contribution in [-0.4, -0.2) is 19.8 Å². The maximum atomic E-state index is 11.2. The third kappa shape index (κ3) is 2.30. The van der Waals surface area contributed by atoms with Crippen LogP contribution in [0.3, 0.4) is 0 Å². The first-order chi connectivity index (χ1) is 9.49. The number of hydrogen-bond acceptors (Lipinski definition) is 4. The zero-order valence-electron chi connectivity index (χ0n) is 11.8. The average Bonchev–Trinajstić information content (AvgIpc) is 2.72. The molecule has 106 valence electrons. The molecule has 0 spiro atoms. The van der Waals surface area contributed by atoms with Crippen molar-refractivity contribution in [2.45, 2.75) is 33.8 Å². The third-order valence-electron chi connectivity index (χ3n) is 3.44. The van der Waals surface area contributed by atoms with Crippen LogP contribution in [0.4, 0.5) is 5.69 Å². The molecular weight excluding hydrogens is 258 g/mol. The van der Waals surface area contributed by atoms with E-state index in [0.29, 0.717) is 11.3 Å². The van der Waals surface area contributed by atoms with Crippen LogP contribution in [0.25, 0.3) is 5.69 Å². The summed E-state index contributed by atoms with van der Waals surface area (Å²) in [5, 5.41) is 24.7. The van der Waals surface area contributed by atoms with Crippen LogP contribution in [0.1, 0.15) is 29.4 Å². The van der Waals surface area contributed by atoms with E-state index in [1.807, 2.05) is 20.8 Å². The van der Waals surface area contributed by atoms with Gasteiger partial charge in [0.25, 0.3) is 5.69 Å². The molecule has 0 aliphatic rings. The van der Waals surface area contributed by atoms with Gasteiger partial charge in [-0.3, -0.25) is 10.1 Å². The molecule has 1 aromatic heterocycles. The van der Waals surface area contributed by atoms with Crippen LogP contribution in [0.2, 0.25) is 0 Å². The summed E-state index contributed by atoms with van der Waals surface area (Å²) in [7, 11) is 0. The van der Waals surface area contributed by atoms with Gasteiger partial charge in [-0.15, -0.1) is 0 Å². The molecular formula is C14H17N3O3. The first kappa shape index (κ1) is 14.2. The molecule has 2 aromatic rings. The lowest BCUT2D eigenvalue weighted by molar-refractivity contribution is -0.384. The summed E-state index contributed by atoms with van der Waals surface area (Å²) in [5.74, 6) is 0. The van der Waals surface area contributed by atoms with Crippen molar-refractivity contribution in [3.63, 3.8) is 0 Å². The molecule has 0 amide bonds. The van der Waals surface area contributed by atoms with Gasteiger partial charge in [-0.25, -0.2) is 4.68 Å². The van der Waals surface area contributed by atoms with E-state index in [2.05, 4.69) is 5.10 Å². The second-order valence-electron chi connectivity index (χ2n) is 4.65. The molecule has 0 atom stereocenters. The van der Waals surface area contributed by atoms with Crippen molar-refractivity contribution < 1.29 is 10.0 Å². The summed E-state index contributed by atoms with van der Waals surface area (Å²) >= 11 is 0. The third-order valence-corrected chi connectivity index (χ3v) is 3.44. The lowest BCUT2D eigenvalue weighted by Crippen LogP contribution is -2.04. The Kier molecular flexibility index (Phi) is 3.85. The van der Waals surface area contributed by atoms with E-state index in [1.165, 1.54) is 6.07 Å². The van der Waals surface area contributed by atoms with E-state index in [4.69, 9.17) is 5.11 Å². The van der Waals surface area contributed by atoms with Gasteiger partial charge in [0.2, 0.25) is 0 Å². The summed E-state index contributed by atoms with van der Waals surface area (Å²) in [6, 6.07) is 4.68. The number of aromatic nitrogens is 2. The molecule has 0 aliphatic heterocycles. The summed E-state index contributed by atoms with van der Waals surface area (Å²) in [5.41, 5.74) is 3.77. The molecule has 1 aromatic carbocycles. The van der Waals surface area contributed by atoms with Gasteiger partial charge < -0.3 is 5.11 Å². The van der Waals surface area contributed by atoms with Crippen molar-refractivity contribution in [2.75, 3.05) is 0 Å². The van der Waals surface area contributed by atoms with Crippen LogP contribution < -0.4 is 0 Å². The second-order valence-corrected chi connectivity index (χ2v) is 4.65. The van der Waals surface area contributed by atoms with E-state index >= 15 is 0 Å². The Labute approximate surface area is 116 Å². The molecule has 0 saturated carbocycles. The Hall–Kier alpha value is -2.21. The molecule has 20 heavy (non-hydrogen) atoms. The fraction of sp³-hybridized carbons (Fsp3) is 0.357. The second kappa shape index (κ2) is 5.42. The Balaban J connectivity index is 2.66. The Morgan fingerprint density at radius 3 is 2.60 bits per heavy atom. The molecule has 0 aliphatic carbocycles. The van der Waals surface area contributed by atoms with Gasteiger partial charge in [-0.05, 0) is 37.5 Å². The van der Waals surface area contributed by atoms with E-state index in [0.717, 1.165) is 23.4 Å². The minimum atomic E-state index is -0.448. The van der Waals surface area contributed by atoms with E-state index in [1.54, 1.807) is 16.8 Å². The number of aryl methyl sites for hydroxylation is 1. The minimum absolute atomic E-state index is 0.0511. The highest BCUT2D eigenvalue weighted by molar-refractivity contribution is 5.55. The van der Waals surface area contributed by atoms with Crippen molar-refractivity contribution >= 4 is 5.69 Å². The van der Waals surface area contributed by atoms with Crippen molar-refractivity contribution in [1.29, 1.82) is 0 Å². The van der Waals surface area contributed by atoms with Gasteiger partial charge in [0.15, 0.2) is 0 Å². The number of nitro groups is 1. The Morgan fingerprint density at radius 1 is 1.40 bits per heavy atom. The smallest absolute Gasteiger partial charge is 0.295 e. The van der Waals surface area contributed by atoms with Crippen molar-refractivity contribution in [3.8, 4) is 5.69 Å². The topological polar surface area (TPSA) is 81.2 Å². The highest BCUT2D eigenvalue weighted by Crippen LogP contribution is 2.27. The largest absolute Gasteiger partial charge is 0.392 e. The first-order valence-corrected chi connectivity index (χ1v) is 6.43. The standard InChI is InChI=1S/C14H17N3O3/c1-4-12-9(2)15-16(10(12)3)13-6-5-11(8-18)7-14(13)17(19)20/h5-7,18H,4,8H2,1-3H3. The van der Waals surface area contributed by atoms with Crippen LogP contribution in [0, 0.1) is 24.0 Å². The highest BCUT2D eigenvalue weighted by Gasteiger charge is 2.20. The summed E-state index contributed by atoms with van der Waals surface area (Å²) < 4.78 is 1.60. The summed E-state index contributed by atoms with van der Waals surface area (Å²) in [6.45, 7) is 5.61. The number of rotatable bonds is 4. The molecule has 0 bridgehead atoms. The number of aliphatic hydroxyl groups is 1. The predicted octanol–water partition coefficient (Wildman–Crippen LogP) is 2.45. The van der Waals surface area contributed by atoms with Crippen LogP contribution in [0.5, 0.6) is 0 Å². The molecule has 1 N–H and O–H groups in total. The quantitative estimate of drug-likeness (QED) is 0.686. The van der Waals surface area contributed by atoms with Gasteiger partial charge >= 0.3 is 0 Å². The van der Waals surface area contributed by atoms with Crippen LogP contribution in [0.15, 0.2) is 18.2 Å². The lowest BCUT2D eigenvalue weighted by atomic mass is 10.1. The maximum absolute atomic E-state index is 11.2. The number of hydrogen-bond donors (Lipinski definition) is 1. The fourth-order valence-corrected chi connectivity index (χ4v) is 2.41. The fourth-order valence-electron chi connectivity index (χ4n) is 2.41. The number of nitro benzene ring substituents is 1. The van der Waals surface area contributed by atoms with Gasteiger partial charge in [0.05, 0.1) is 17.2 Å². The normalized spacial score (nSPS) is 10.8. The Bertz CT molecular complexity index is 662.